The lowest BCUT2D eigenvalue weighted by Gasteiger charge is -2.26. The molecule has 7 heteroatoms. The summed E-state index contributed by atoms with van der Waals surface area (Å²) < 4.78 is 6.75. The van der Waals surface area contributed by atoms with Gasteiger partial charge in [-0.25, -0.2) is 4.98 Å². The average Bonchev–Trinajstić information content (AvgIpc) is 3.22. The summed E-state index contributed by atoms with van der Waals surface area (Å²) in [5.41, 5.74) is 2.97. The lowest BCUT2D eigenvalue weighted by Crippen LogP contribution is -2.37. The van der Waals surface area contributed by atoms with Crippen LogP contribution in [0.5, 0.6) is 0 Å². The number of fused-ring (bicyclic) bond motifs is 1. The average molecular weight is 456 g/mol. The third-order valence-electron chi connectivity index (χ3n) is 5.19. The summed E-state index contributed by atoms with van der Waals surface area (Å²) in [7, 11) is 0. The normalized spacial score (nSPS) is 16.3. The molecule has 2 heterocycles. The zero-order valence-corrected chi connectivity index (χ0v) is 17.7. The number of rotatable bonds is 5. The molecule has 1 N–H and O–H groups in total. The van der Waals surface area contributed by atoms with Gasteiger partial charge in [-0.2, -0.15) is 0 Å². The summed E-state index contributed by atoms with van der Waals surface area (Å²) in [6.07, 6.45) is 3.36. The summed E-state index contributed by atoms with van der Waals surface area (Å²) in [5, 5.41) is 0.409. The molecule has 150 valence electrons. The van der Waals surface area contributed by atoms with Crippen LogP contribution in [0.1, 0.15) is 34.3 Å². The van der Waals surface area contributed by atoms with Gasteiger partial charge in [0, 0.05) is 29.7 Å². The van der Waals surface area contributed by atoms with Gasteiger partial charge in [0.15, 0.2) is 0 Å². The van der Waals surface area contributed by atoms with Crippen molar-refractivity contribution in [1.29, 1.82) is 0 Å². The van der Waals surface area contributed by atoms with Gasteiger partial charge in [0.2, 0.25) is 0 Å². The highest BCUT2D eigenvalue weighted by Gasteiger charge is 2.24. The van der Waals surface area contributed by atoms with Gasteiger partial charge in [-0.1, -0.05) is 28.1 Å². The van der Waals surface area contributed by atoms with Crippen LogP contribution in [-0.4, -0.2) is 40.0 Å². The van der Waals surface area contributed by atoms with E-state index in [1.165, 1.54) is 6.33 Å². The number of aryl methyl sites for hydroxylation is 1. The predicted octanol–water partition coefficient (Wildman–Crippen LogP) is 3.82. The number of hydrogen-bond donors (Lipinski definition) is 1. The molecule has 0 bridgehead atoms. The monoisotopic (exact) mass is 455 g/mol. The predicted molar refractivity (Wildman–Crippen MR) is 115 cm³/mol. The van der Waals surface area contributed by atoms with E-state index in [1.807, 2.05) is 25.1 Å². The minimum absolute atomic E-state index is 0.0358. The summed E-state index contributed by atoms with van der Waals surface area (Å²) in [6, 6.07) is 11.2. The van der Waals surface area contributed by atoms with Gasteiger partial charge in [0.25, 0.3) is 11.5 Å². The van der Waals surface area contributed by atoms with Crippen LogP contribution >= 0.6 is 15.9 Å². The number of nitrogens with zero attached hydrogens (tertiary/aromatic N) is 2. The Bertz CT molecular complexity index is 1110. The molecule has 1 aliphatic rings. The summed E-state index contributed by atoms with van der Waals surface area (Å²) >= 11 is 3.61. The van der Waals surface area contributed by atoms with Crippen molar-refractivity contribution < 1.29 is 9.53 Å². The molecule has 6 nitrogen and oxygen atoms in total. The highest BCUT2D eigenvalue weighted by atomic mass is 79.9. The molecule has 1 amide bonds. The maximum Gasteiger partial charge on any atom is 0.258 e. The number of aromatic nitrogens is 2. The van der Waals surface area contributed by atoms with E-state index in [-0.39, 0.29) is 17.6 Å². The SMILES string of the molecule is Cc1ccc(CN(CC2CCCO2)C(=O)c2ccc3nc[nH]c(=O)c3c2)c(Br)c1. The standard InChI is InChI=1S/C22H22BrN3O3/c1-14-4-5-16(19(23)9-14)11-26(12-17-3-2-8-29-17)22(28)15-6-7-20-18(10-15)21(27)25-13-24-20/h4-7,9-10,13,17H,2-3,8,11-12H2,1H3,(H,24,25,27). The van der Waals surface area contributed by atoms with Crippen molar-refractivity contribution in [2.24, 2.45) is 0 Å². The van der Waals surface area contributed by atoms with Crippen LogP contribution in [0.4, 0.5) is 0 Å². The molecule has 3 aromatic rings. The van der Waals surface area contributed by atoms with Crippen molar-refractivity contribution in [3.05, 3.63) is 74.2 Å². The van der Waals surface area contributed by atoms with Gasteiger partial charge < -0.3 is 14.6 Å². The van der Waals surface area contributed by atoms with Crippen molar-refractivity contribution in [3.8, 4) is 0 Å². The molecule has 0 aliphatic carbocycles. The second kappa shape index (κ2) is 8.47. The minimum Gasteiger partial charge on any atom is -0.376 e. The Balaban J connectivity index is 1.66. The Hall–Kier alpha value is -2.51. The number of carbonyl (C=O) groups excluding carboxylic acids is 1. The molecule has 2 aromatic carbocycles. The van der Waals surface area contributed by atoms with E-state index in [9.17, 15) is 9.59 Å². The van der Waals surface area contributed by atoms with Crippen LogP contribution in [0, 0.1) is 6.92 Å². The topological polar surface area (TPSA) is 75.3 Å². The zero-order chi connectivity index (χ0) is 20.4. The number of ether oxygens (including phenoxy) is 1. The first-order valence-electron chi connectivity index (χ1n) is 9.64. The molecular formula is C22H22BrN3O3. The molecule has 1 aliphatic heterocycles. The van der Waals surface area contributed by atoms with Gasteiger partial charge in [-0.3, -0.25) is 9.59 Å². The maximum atomic E-state index is 13.4. The van der Waals surface area contributed by atoms with Crippen molar-refractivity contribution in [2.45, 2.75) is 32.4 Å². The number of carbonyl (C=O) groups is 1. The van der Waals surface area contributed by atoms with Crippen molar-refractivity contribution in [3.63, 3.8) is 0 Å². The largest absolute Gasteiger partial charge is 0.376 e. The van der Waals surface area contributed by atoms with Crippen LogP contribution < -0.4 is 5.56 Å². The molecule has 1 atom stereocenters. The fraction of sp³-hybridized carbons (Fsp3) is 0.318. The van der Waals surface area contributed by atoms with Gasteiger partial charge in [-0.05, 0) is 55.2 Å². The quantitative estimate of drug-likeness (QED) is 0.634. The Labute approximate surface area is 177 Å². The van der Waals surface area contributed by atoms with Gasteiger partial charge in [0.05, 0.1) is 23.3 Å². The van der Waals surface area contributed by atoms with E-state index < -0.39 is 0 Å². The zero-order valence-electron chi connectivity index (χ0n) is 16.2. The third kappa shape index (κ3) is 4.41. The Morgan fingerprint density at radius 2 is 2.17 bits per heavy atom. The van der Waals surface area contributed by atoms with E-state index >= 15 is 0 Å². The van der Waals surface area contributed by atoms with Crippen molar-refractivity contribution in [1.82, 2.24) is 14.9 Å². The van der Waals surface area contributed by atoms with E-state index in [2.05, 4.69) is 25.9 Å². The summed E-state index contributed by atoms with van der Waals surface area (Å²) in [4.78, 5) is 34.0. The van der Waals surface area contributed by atoms with Crippen molar-refractivity contribution in [2.75, 3.05) is 13.2 Å². The molecule has 0 saturated carbocycles. The first kappa shape index (κ1) is 19.8. The van der Waals surface area contributed by atoms with E-state index in [0.717, 1.165) is 35.0 Å². The van der Waals surface area contributed by atoms with Crippen LogP contribution in [0.3, 0.4) is 0 Å². The minimum atomic E-state index is -0.253. The molecule has 1 unspecified atom stereocenters. The number of amides is 1. The van der Waals surface area contributed by atoms with E-state index in [4.69, 9.17) is 4.74 Å². The van der Waals surface area contributed by atoms with Crippen molar-refractivity contribution >= 4 is 32.7 Å². The molecule has 1 aromatic heterocycles. The van der Waals surface area contributed by atoms with Crippen LogP contribution in [0.25, 0.3) is 10.9 Å². The highest BCUT2D eigenvalue weighted by Crippen LogP contribution is 2.23. The molecule has 1 saturated heterocycles. The second-order valence-electron chi connectivity index (χ2n) is 7.38. The Morgan fingerprint density at radius 1 is 1.31 bits per heavy atom. The number of nitrogens with one attached hydrogen (secondary N) is 1. The lowest BCUT2D eigenvalue weighted by molar-refractivity contribution is 0.0507. The fourth-order valence-corrected chi connectivity index (χ4v) is 4.24. The second-order valence-corrected chi connectivity index (χ2v) is 8.23. The fourth-order valence-electron chi connectivity index (χ4n) is 3.62. The highest BCUT2D eigenvalue weighted by molar-refractivity contribution is 9.10. The third-order valence-corrected chi connectivity index (χ3v) is 5.93. The summed E-state index contributed by atoms with van der Waals surface area (Å²) in [5.74, 6) is -0.127. The van der Waals surface area contributed by atoms with Crippen LogP contribution in [-0.2, 0) is 11.3 Å². The summed E-state index contributed by atoms with van der Waals surface area (Å²) in [6.45, 7) is 3.74. The molecule has 0 radical (unpaired) electrons. The number of aromatic amines is 1. The number of benzene rings is 2. The van der Waals surface area contributed by atoms with Gasteiger partial charge in [-0.15, -0.1) is 0 Å². The molecule has 1 fully saturated rings. The Morgan fingerprint density at radius 3 is 2.93 bits per heavy atom. The maximum absolute atomic E-state index is 13.4. The Kier molecular flexibility index (Phi) is 5.78. The first-order valence-corrected chi connectivity index (χ1v) is 10.4. The molecular weight excluding hydrogens is 434 g/mol. The first-order chi connectivity index (χ1) is 14.0. The van der Waals surface area contributed by atoms with Crippen LogP contribution in [0.2, 0.25) is 0 Å². The smallest absolute Gasteiger partial charge is 0.258 e. The van der Waals surface area contributed by atoms with Crippen LogP contribution in [0.15, 0.2) is 52.0 Å². The molecule has 29 heavy (non-hydrogen) atoms. The lowest BCUT2D eigenvalue weighted by atomic mass is 10.1. The number of halogens is 1. The number of H-pyrrole nitrogens is 1. The van der Waals surface area contributed by atoms with Gasteiger partial charge in [0.1, 0.15) is 0 Å². The van der Waals surface area contributed by atoms with E-state index in [0.29, 0.717) is 29.6 Å². The molecule has 4 rings (SSSR count). The van der Waals surface area contributed by atoms with E-state index in [1.54, 1.807) is 23.1 Å². The number of hydrogen-bond acceptors (Lipinski definition) is 4. The van der Waals surface area contributed by atoms with Gasteiger partial charge >= 0.3 is 0 Å². The molecule has 0 spiro atoms.